The van der Waals surface area contributed by atoms with Gasteiger partial charge in [0.1, 0.15) is 73.2 Å². The van der Waals surface area contributed by atoms with Gasteiger partial charge in [-0.1, -0.05) is 12.1 Å². The Balaban J connectivity index is 0.000000397. The number of nitrogens with one attached hydrogen (secondary N) is 4. The Bertz CT molecular complexity index is 3080. The van der Waals surface area contributed by atoms with Crippen LogP contribution in [0.25, 0.3) is 0 Å². The van der Waals surface area contributed by atoms with Gasteiger partial charge in [0, 0.05) is 57.6 Å². The lowest BCUT2D eigenvalue weighted by Crippen LogP contribution is -2.61. The fraction of sp³-hybridized carbons (Fsp3) is 0.552. The van der Waals surface area contributed by atoms with Gasteiger partial charge in [-0.25, -0.2) is 9.59 Å². The van der Waals surface area contributed by atoms with Gasteiger partial charge in [0.2, 0.25) is 36.2 Å². The molecule has 2 aromatic rings. The number of aliphatic carboxylic acids is 3. The summed E-state index contributed by atoms with van der Waals surface area (Å²) in [6, 6.07) is 7.01. The lowest BCUT2D eigenvalue weighted by Gasteiger charge is -2.38. The number of rotatable bonds is 29. The number of aliphatic hydroxyl groups excluding tert-OH is 6. The Hall–Kier alpha value is -8.23. The molecule has 5 rings (SSSR count). The maximum atomic E-state index is 12.9. The van der Waals surface area contributed by atoms with Crippen molar-refractivity contribution in [2.24, 2.45) is 28.2 Å². The van der Waals surface area contributed by atoms with Gasteiger partial charge in [-0.15, -0.1) is 0 Å². The molecule has 7 unspecified atom stereocenters. The van der Waals surface area contributed by atoms with Crippen molar-refractivity contribution in [1.29, 1.82) is 0 Å². The number of carboxylic acids is 3. The fourth-order valence-electron chi connectivity index (χ4n) is 8.49. The molecule has 2 saturated heterocycles. The molecule has 34 nitrogen and oxygen atoms in total. The Morgan fingerprint density at radius 2 is 1.00 bits per heavy atom. The molecule has 17 N–H and O–H groups in total. The summed E-state index contributed by atoms with van der Waals surface area (Å²) in [6.45, 7) is 8.59. The smallest absolute Gasteiger partial charge is 0.335 e. The van der Waals surface area contributed by atoms with Crippen LogP contribution < -0.4 is 42.2 Å². The molecule has 0 aliphatic carbocycles. The highest BCUT2D eigenvalue weighted by Gasteiger charge is 2.50. The summed E-state index contributed by atoms with van der Waals surface area (Å²) < 4.78 is 32.2. The number of ether oxygens (including phenoxy) is 6. The molecule has 6 amide bonds. The van der Waals surface area contributed by atoms with Crippen molar-refractivity contribution in [1.82, 2.24) is 15.5 Å². The monoisotopic (exact) mass is 1340 g/mol. The van der Waals surface area contributed by atoms with Crippen LogP contribution in [0.1, 0.15) is 78.4 Å². The van der Waals surface area contributed by atoms with Gasteiger partial charge in [-0.05, 0) is 83.2 Å². The number of esters is 2. The minimum Gasteiger partial charge on any atom is -0.481 e. The van der Waals surface area contributed by atoms with E-state index in [2.05, 4.69) is 21.3 Å². The summed E-state index contributed by atoms with van der Waals surface area (Å²) in [5.41, 5.74) is 10.4. The number of anilines is 2. The predicted octanol–water partition coefficient (Wildman–Crippen LogP) is -3.02. The normalized spacial score (nSPS) is 22.9. The molecule has 13 atom stereocenters. The van der Waals surface area contributed by atoms with Crippen LogP contribution in [0.2, 0.25) is 0 Å². The van der Waals surface area contributed by atoms with E-state index in [0.29, 0.717) is 16.0 Å². The average Bonchev–Trinajstić information content (AvgIpc) is 2.60. The van der Waals surface area contributed by atoms with Gasteiger partial charge in [0.15, 0.2) is 12.2 Å². The zero-order chi connectivity index (χ0) is 70.0. The van der Waals surface area contributed by atoms with E-state index >= 15 is 0 Å². The van der Waals surface area contributed by atoms with Gasteiger partial charge >= 0.3 is 29.8 Å². The van der Waals surface area contributed by atoms with Crippen LogP contribution in [-0.2, 0) is 89.7 Å². The van der Waals surface area contributed by atoms with E-state index in [1.165, 1.54) is 36.4 Å². The Morgan fingerprint density at radius 1 is 0.591 bits per heavy atom. The van der Waals surface area contributed by atoms with E-state index < -0.39 is 167 Å². The quantitative estimate of drug-likeness (QED) is 0.0285. The van der Waals surface area contributed by atoms with Crippen molar-refractivity contribution >= 4 is 94.2 Å². The van der Waals surface area contributed by atoms with Crippen molar-refractivity contribution in [2.75, 3.05) is 43.1 Å². The number of aliphatic hydroxyl groups is 6. The van der Waals surface area contributed by atoms with Crippen LogP contribution >= 0.6 is 11.8 Å². The SMILES string of the molecule is CC(C)(C)C(=O)OCc1ccc(OC2OC(C(=O)O)C(O)[C@H](O)[C@@H]2O)c(NC(=O)CCNC(=O)[C@H](CN)N2C(=O)C=CC2=O)c1.CSC(CC(=O)O)C(=O)C[C@@H](CN)C(=O)NCCC(=O)Nc1cc(COC(=O)C(C)(C)C)ccc1OC1OC(C(=O)O)C(O)[C@H](O)[C@@H]1O. The number of amides is 6. The number of imide groups is 1. The second kappa shape index (κ2) is 34.6. The molecule has 2 aromatic carbocycles. The number of carbonyl (C=O) groups excluding carboxylic acids is 9. The third-order valence-corrected chi connectivity index (χ3v) is 14.8. The van der Waals surface area contributed by atoms with E-state index in [9.17, 15) is 98.4 Å². The van der Waals surface area contributed by atoms with Crippen molar-refractivity contribution < 1.29 is 132 Å². The van der Waals surface area contributed by atoms with E-state index in [-0.39, 0.29) is 81.5 Å². The molecule has 3 aliphatic heterocycles. The van der Waals surface area contributed by atoms with Gasteiger partial charge in [-0.3, -0.25) is 52.8 Å². The Morgan fingerprint density at radius 3 is 1.35 bits per heavy atom. The fourth-order valence-corrected chi connectivity index (χ4v) is 9.16. The predicted molar refractivity (Wildman–Crippen MR) is 319 cm³/mol. The molecule has 0 spiro atoms. The van der Waals surface area contributed by atoms with Gasteiger partial charge < -0.3 is 107 Å². The summed E-state index contributed by atoms with van der Waals surface area (Å²) in [5.74, 6) is -11.2. The van der Waals surface area contributed by atoms with Crippen LogP contribution in [0.15, 0.2) is 48.6 Å². The zero-order valence-corrected chi connectivity index (χ0v) is 52.4. The highest BCUT2D eigenvalue weighted by molar-refractivity contribution is 7.99. The van der Waals surface area contributed by atoms with Gasteiger partial charge in [0.05, 0.1) is 39.8 Å². The van der Waals surface area contributed by atoms with Crippen molar-refractivity contribution in [3.63, 3.8) is 0 Å². The minimum absolute atomic E-state index is 0.0362. The van der Waals surface area contributed by atoms with Gasteiger partial charge in [-0.2, -0.15) is 11.8 Å². The van der Waals surface area contributed by atoms with Crippen LogP contribution in [0.3, 0.4) is 0 Å². The third kappa shape index (κ3) is 22.2. The first-order valence-corrected chi connectivity index (χ1v) is 29.9. The van der Waals surface area contributed by atoms with Crippen molar-refractivity contribution in [2.45, 2.75) is 153 Å². The van der Waals surface area contributed by atoms with E-state index in [1.807, 2.05) is 0 Å². The molecule has 3 heterocycles. The standard InChI is InChI=1S/C30H43N3O14S.C28H36N4O13/c1-30(2,3)29(44)45-13-14-5-6-18(46-28-24(40)22(38)23(39)25(47-28)27(42)43)16(9-14)33-20(35)7-8-32-26(41)15(12-31)10-17(34)19(48-4)11-21(36)37;1-28(2,3)27(42)43-12-13-4-5-16(44-26-22(38)20(36)21(37)23(45-26)25(40)41)14(10-13)31-17(33)8-9-30-24(39)15(11-29)32-18(34)6-7-19(32)35/h5-6,9,15,19,22-25,28,38-40H,7-8,10-13,31H2,1-4H3,(H,32,41)(H,33,35)(H,36,37)(H,42,43);4-7,10,15,20-23,26,36-38H,8-9,11-12,29H2,1-3H3,(H,30,39)(H,31,33)(H,40,41)/t15-,19?,22-,23?,24-,25?,28?;15-,20-,21?,22-,23?,26?/m00/s1. The van der Waals surface area contributed by atoms with Crippen LogP contribution in [-0.4, -0.2) is 227 Å². The molecular formula is C58H79N7O27S. The molecule has 0 bridgehead atoms. The molecule has 3 aliphatic rings. The number of hydrogen-bond acceptors (Lipinski definition) is 27. The number of hydrogen-bond donors (Lipinski definition) is 15. The summed E-state index contributed by atoms with van der Waals surface area (Å²) in [5, 5.41) is 97.8. The van der Waals surface area contributed by atoms with E-state index in [4.69, 9.17) is 45.0 Å². The molecule has 0 saturated carbocycles. The molecule has 93 heavy (non-hydrogen) atoms. The number of ketones is 1. The number of benzene rings is 2. The molecule has 2 fully saturated rings. The number of Topliss-reactive ketones (excluding diaryl/α,β-unsaturated/α-hetero) is 1. The first kappa shape index (κ1) is 77.2. The summed E-state index contributed by atoms with van der Waals surface area (Å²) >= 11 is 1.05. The van der Waals surface area contributed by atoms with Crippen molar-refractivity contribution in [3.05, 3.63) is 59.7 Å². The topological polar surface area (TPSA) is 546 Å². The van der Waals surface area contributed by atoms with Crippen LogP contribution in [0.4, 0.5) is 11.4 Å². The lowest BCUT2D eigenvalue weighted by atomic mass is 9.97. The number of carboxylic acid groups (broad SMARTS) is 3. The first-order valence-electron chi connectivity index (χ1n) is 28.6. The molecule has 35 heteroatoms. The molecule has 0 aromatic heterocycles. The highest BCUT2D eigenvalue weighted by atomic mass is 32.2. The molecular weight excluding hydrogens is 1260 g/mol. The second-order valence-electron chi connectivity index (χ2n) is 23.3. The first-order chi connectivity index (χ1) is 43.4. The minimum atomic E-state index is -1.96. The van der Waals surface area contributed by atoms with Gasteiger partial charge in [0.25, 0.3) is 11.8 Å². The number of nitrogens with two attached hydrogens (primary N) is 2. The average molecular weight is 1340 g/mol. The zero-order valence-electron chi connectivity index (χ0n) is 51.6. The summed E-state index contributed by atoms with van der Waals surface area (Å²) in [7, 11) is 0. The van der Waals surface area contributed by atoms with Crippen molar-refractivity contribution in [3.8, 4) is 11.5 Å². The van der Waals surface area contributed by atoms with Crippen LogP contribution in [0.5, 0.6) is 11.5 Å². The Kier molecular flexibility index (Phi) is 28.7. The largest absolute Gasteiger partial charge is 0.481 e. The summed E-state index contributed by atoms with van der Waals surface area (Å²) in [4.78, 5) is 147. The highest BCUT2D eigenvalue weighted by Crippen LogP contribution is 2.34. The molecule has 514 valence electrons. The Labute approximate surface area is 535 Å². The maximum Gasteiger partial charge on any atom is 0.335 e. The van der Waals surface area contributed by atoms with Crippen LogP contribution in [0, 0.1) is 16.7 Å². The second-order valence-corrected chi connectivity index (χ2v) is 24.3. The number of nitrogens with zero attached hydrogens (tertiary/aromatic N) is 1. The maximum absolute atomic E-state index is 12.9. The van der Waals surface area contributed by atoms with E-state index in [1.54, 1.807) is 47.8 Å². The van der Waals surface area contributed by atoms with E-state index in [0.717, 1.165) is 23.9 Å². The molecule has 0 radical (unpaired) electrons. The number of thioether (sulfide) groups is 1. The number of carbonyl (C=O) groups is 12. The lowest BCUT2D eigenvalue weighted by molar-refractivity contribution is -0.271. The third-order valence-electron chi connectivity index (χ3n) is 13.8. The summed E-state index contributed by atoms with van der Waals surface area (Å²) in [6.07, 6.45) is -16.7.